The van der Waals surface area contributed by atoms with Gasteiger partial charge in [-0.3, -0.25) is 4.79 Å². The molecule has 1 aromatic carbocycles. The van der Waals surface area contributed by atoms with Crippen LogP contribution in [0.25, 0.3) is 10.8 Å². The summed E-state index contributed by atoms with van der Waals surface area (Å²) >= 11 is 0. The number of carbonyl (C=O) groups is 2. The standard InChI is InChI=1S/C16H16N2O4/c1-16(8-22-9-16)15(20)18-13-11-6-4-3-5-10(11)12(7-17-13)14(19)21-2/h3-7H,8-9H2,1-2H3,(H,17,18,20). The first-order valence-electron chi connectivity index (χ1n) is 6.90. The predicted octanol–water partition coefficient (Wildman–Crippen LogP) is 2.00. The molecule has 2 aromatic rings. The van der Waals surface area contributed by atoms with Crippen LogP contribution in [-0.2, 0) is 14.3 Å². The Morgan fingerprint density at radius 3 is 2.55 bits per heavy atom. The molecule has 1 saturated heterocycles. The number of aromatic nitrogens is 1. The monoisotopic (exact) mass is 300 g/mol. The van der Waals surface area contributed by atoms with Crippen LogP contribution in [0.3, 0.4) is 0 Å². The Bertz CT molecular complexity index is 753. The number of benzene rings is 1. The van der Waals surface area contributed by atoms with Crippen LogP contribution in [-0.4, -0.2) is 37.2 Å². The summed E-state index contributed by atoms with van der Waals surface area (Å²) in [6, 6.07) is 7.26. The summed E-state index contributed by atoms with van der Waals surface area (Å²) in [5.74, 6) is -0.162. The molecule has 6 heteroatoms. The van der Waals surface area contributed by atoms with Crippen LogP contribution in [0.5, 0.6) is 0 Å². The van der Waals surface area contributed by atoms with Crippen LogP contribution in [0, 0.1) is 5.41 Å². The molecule has 0 spiro atoms. The van der Waals surface area contributed by atoms with Gasteiger partial charge in [0.05, 0.1) is 31.3 Å². The number of rotatable bonds is 3. The third-order valence-corrected chi connectivity index (χ3v) is 3.82. The van der Waals surface area contributed by atoms with Gasteiger partial charge in [-0.1, -0.05) is 24.3 Å². The molecule has 1 aliphatic heterocycles. The van der Waals surface area contributed by atoms with E-state index in [0.717, 1.165) is 0 Å². The van der Waals surface area contributed by atoms with Crippen molar-refractivity contribution in [3.63, 3.8) is 0 Å². The lowest BCUT2D eigenvalue weighted by atomic mass is 9.87. The first-order chi connectivity index (χ1) is 10.5. The highest BCUT2D eigenvalue weighted by atomic mass is 16.5. The lowest BCUT2D eigenvalue weighted by Gasteiger charge is -2.36. The fourth-order valence-electron chi connectivity index (χ4n) is 2.36. The van der Waals surface area contributed by atoms with Crippen molar-refractivity contribution in [2.24, 2.45) is 5.41 Å². The van der Waals surface area contributed by atoms with Gasteiger partial charge in [0.15, 0.2) is 0 Å². The van der Waals surface area contributed by atoms with Crippen molar-refractivity contribution in [2.75, 3.05) is 25.6 Å². The molecule has 1 aliphatic rings. The van der Waals surface area contributed by atoms with Crippen molar-refractivity contribution in [1.29, 1.82) is 0 Å². The van der Waals surface area contributed by atoms with Gasteiger partial charge >= 0.3 is 5.97 Å². The number of ether oxygens (including phenoxy) is 2. The number of carbonyl (C=O) groups excluding carboxylic acids is 2. The minimum atomic E-state index is -0.524. The van der Waals surface area contributed by atoms with Crippen LogP contribution in [0.4, 0.5) is 5.82 Å². The molecule has 0 atom stereocenters. The van der Waals surface area contributed by atoms with Gasteiger partial charge in [-0.2, -0.15) is 0 Å². The maximum absolute atomic E-state index is 12.3. The van der Waals surface area contributed by atoms with Crippen LogP contribution in [0.2, 0.25) is 0 Å². The van der Waals surface area contributed by atoms with E-state index in [2.05, 4.69) is 10.3 Å². The number of pyridine rings is 1. The predicted molar refractivity (Wildman–Crippen MR) is 80.6 cm³/mol. The van der Waals surface area contributed by atoms with E-state index in [-0.39, 0.29) is 5.91 Å². The molecule has 1 N–H and O–H groups in total. The Kier molecular flexibility index (Phi) is 3.54. The summed E-state index contributed by atoms with van der Waals surface area (Å²) in [5, 5.41) is 4.22. The smallest absolute Gasteiger partial charge is 0.340 e. The zero-order valence-corrected chi connectivity index (χ0v) is 12.4. The zero-order chi connectivity index (χ0) is 15.7. The molecule has 1 aromatic heterocycles. The highest BCUT2D eigenvalue weighted by Gasteiger charge is 2.41. The van der Waals surface area contributed by atoms with Gasteiger partial charge in [0.1, 0.15) is 5.82 Å². The Morgan fingerprint density at radius 1 is 1.27 bits per heavy atom. The zero-order valence-electron chi connectivity index (χ0n) is 12.4. The van der Waals surface area contributed by atoms with E-state index < -0.39 is 11.4 Å². The average Bonchev–Trinajstić information content (AvgIpc) is 2.52. The molecule has 2 heterocycles. The first kappa shape index (κ1) is 14.5. The van der Waals surface area contributed by atoms with E-state index in [0.29, 0.717) is 35.4 Å². The second-order valence-corrected chi connectivity index (χ2v) is 5.57. The van der Waals surface area contributed by atoms with Crippen LogP contribution < -0.4 is 5.32 Å². The van der Waals surface area contributed by atoms with E-state index in [1.54, 1.807) is 6.07 Å². The van der Waals surface area contributed by atoms with Gasteiger partial charge in [0, 0.05) is 17.0 Å². The average molecular weight is 300 g/mol. The van der Waals surface area contributed by atoms with Gasteiger partial charge < -0.3 is 14.8 Å². The summed E-state index contributed by atoms with van der Waals surface area (Å²) in [7, 11) is 1.32. The highest BCUT2D eigenvalue weighted by Crippen LogP contribution is 2.30. The van der Waals surface area contributed by atoms with E-state index in [9.17, 15) is 9.59 Å². The third kappa shape index (κ3) is 2.31. The van der Waals surface area contributed by atoms with Crippen molar-refractivity contribution in [3.05, 3.63) is 36.0 Å². The molecular formula is C16H16N2O4. The lowest BCUT2D eigenvalue weighted by molar-refractivity contribution is -0.151. The SMILES string of the molecule is COC(=O)c1cnc(NC(=O)C2(C)COC2)c2ccccc12. The number of nitrogens with zero attached hydrogens (tertiary/aromatic N) is 1. The number of anilines is 1. The van der Waals surface area contributed by atoms with Crippen LogP contribution in [0.15, 0.2) is 30.5 Å². The van der Waals surface area contributed by atoms with E-state index in [1.165, 1.54) is 13.3 Å². The molecule has 0 radical (unpaired) electrons. The maximum atomic E-state index is 12.3. The number of fused-ring (bicyclic) bond motifs is 1. The topological polar surface area (TPSA) is 77.5 Å². The molecule has 0 unspecified atom stereocenters. The first-order valence-corrected chi connectivity index (χ1v) is 6.90. The number of hydrogen-bond donors (Lipinski definition) is 1. The normalized spacial score (nSPS) is 15.9. The molecule has 3 rings (SSSR count). The van der Waals surface area contributed by atoms with Crippen LogP contribution >= 0.6 is 0 Å². The van der Waals surface area contributed by atoms with Gasteiger partial charge in [-0.25, -0.2) is 9.78 Å². The van der Waals surface area contributed by atoms with Gasteiger partial charge in [0.25, 0.3) is 0 Å². The summed E-state index contributed by atoms with van der Waals surface area (Å²) in [6.07, 6.45) is 1.42. The minimum Gasteiger partial charge on any atom is -0.465 e. The van der Waals surface area contributed by atoms with E-state index >= 15 is 0 Å². The largest absolute Gasteiger partial charge is 0.465 e. The molecular weight excluding hydrogens is 284 g/mol. The fraction of sp³-hybridized carbons (Fsp3) is 0.312. The van der Waals surface area contributed by atoms with E-state index in [1.807, 2.05) is 25.1 Å². The summed E-state index contributed by atoms with van der Waals surface area (Å²) in [5.41, 5.74) is -0.154. The third-order valence-electron chi connectivity index (χ3n) is 3.82. The van der Waals surface area contributed by atoms with Gasteiger partial charge in [0.2, 0.25) is 5.91 Å². The molecule has 0 bridgehead atoms. The number of amides is 1. The van der Waals surface area contributed by atoms with E-state index in [4.69, 9.17) is 9.47 Å². The highest BCUT2D eigenvalue weighted by molar-refractivity contribution is 6.09. The summed E-state index contributed by atoms with van der Waals surface area (Å²) in [4.78, 5) is 28.3. The molecule has 22 heavy (non-hydrogen) atoms. The fourth-order valence-corrected chi connectivity index (χ4v) is 2.36. The number of nitrogens with one attached hydrogen (secondary N) is 1. The Balaban J connectivity index is 2.01. The summed E-state index contributed by atoms with van der Waals surface area (Å²) in [6.45, 7) is 2.64. The number of hydrogen-bond acceptors (Lipinski definition) is 5. The minimum absolute atomic E-state index is 0.137. The van der Waals surface area contributed by atoms with Crippen LogP contribution in [0.1, 0.15) is 17.3 Å². The molecule has 0 saturated carbocycles. The maximum Gasteiger partial charge on any atom is 0.340 e. The van der Waals surface area contributed by atoms with Gasteiger partial charge in [-0.15, -0.1) is 0 Å². The Hall–Kier alpha value is -2.47. The van der Waals surface area contributed by atoms with Crippen molar-refractivity contribution < 1.29 is 19.1 Å². The number of methoxy groups -OCH3 is 1. The quantitative estimate of drug-likeness (QED) is 0.877. The summed E-state index contributed by atoms with van der Waals surface area (Å²) < 4.78 is 9.87. The van der Waals surface area contributed by atoms with Crippen molar-refractivity contribution in [1.82, 2.24) is 4.98 Å². The van der Waals surface area contributed by atoms with Gasteiger partial charge in [-0.05, 0) is 6.92 Å². The molecule has 6 nitrogen and oxygen atoms in total. The second-order valence-electron chi connectivity index (χ2n) is 5.57. The number of esters is 1. The molecule has 1 fully saturated rings. The molecule has 1 amide bonds. The van der Waals surface area contributed by atoms with Crippen molar-refractivity contribution in [2.45, 2.75) is 6.92 Å². The van der Waals surface area contributed by atoms with Crippen molar-refractivity contribution >= 4 is 28.5 Å². The lowest BCUT2D eigenvalue weighted by Crippen LogP contribution is -2.49. The Morgan fingerprint density at radius 2 is 1.95 bits per heavy atom. The molecule has 0 aliphatic carbocycles. The Labute approximate surface area is 127 Å². The van der Waals surface area contributed by atoms with Crippen molar-refractivity contribution in [3.8, 4) is 0 Å². The molecule has 114 valence electrons. The second kappa shape index (κ2) is 5.38.